The molecule has 1 aliphatic carbocycles. The van der Waals surface area contributed by atoms with E-state index in [1.54, 1.807) is 80.0 Å². The standard InChI is InChI=1S/C26H23N3O4.C25H18FN3O5/c1-27-25(30)21-13-16-6-11-24(29-22(16)14-23(21)32-2)33-18-9-10-19-15(12-18)4-3-5-20(19)26(31)28-17-7-8-17;1-31-22-13-18-20(14-23(22)32-2)27-11-9-21(18)34-29(24-10-12-33-28-24)25(30)17-7-3-6-16-15(17)5-4-8-19(16)26/h3-6,9-14,17H,7-8H2,1-2H3,(H,27,30)(H,28,31);3-14H,1-2H3. The Morgan fingerprint density at radius 3 is 2.18 bits per heavy atom. The van der Waals surface area contributed by atoms with Crippen molar-refractivity contribution in [3.05, 3.63) is 156 Å². The Morgan fingerprint density at radius 1 is 0.672 bits per heavy atom. The Labute approximate surface area is 381 Å². The molecule has 67 heavy (non-hydrogen) atoms. The lowest BCUT2D eigenvalue weighted by Gasteiger charge is -2.21. The van der Waals surface area contributed by atoms with E-state index in [1.807, 2.05) is 42.5 Å². The number of carbonyl (C=O) groups excluding carboxylic acids is 3. The number of nitrogens with one attached hydrogen (secondary N) is 2. The molecule has 0 bridgehead atoms. The molecule has 16 heteroatoms. The number of rotatable bonds is 12. The summed E-state index contributed by atoms with van der Waals surface area (Å²) in [4.78, 5) is 53.3. The fourth-order valence-electron chi connectivity index (χ4n) is 7.50. The van der Waals surface area contributed by atoms with E-state index < -0.39 is 11.7 Å². The Bertz CT molecular complexity index is 3340. The first kappa shape index (κ1) is 43.5. The lowest BCUT2D eigenvalue weighted by molar-refractivity contribution is 0.0877. The van der Waals surface area contributed by atoms with Crippen LogP contribution in [0.5, 0.6) is 34.6 Å². The summed E-state index contributed by atoms with van der Waals surface area (Å²) in [5.41, 5.74) is 2.55. The number of ether oxygens (including phenoxy) is 4. The van der Waals surface area contributed by atoms with Crippen molar-refractivity contribution in [3.63, 3.8) is 0 Å². The maximum absolute atomic E-state index is 14.3. The minimum absolute atomic E-state index is 0.0435. The topological polar surface area (TPSA) is 176 Å². The molecule has 336 valence electrons. The Morgan fingerprint density at radius 2 is 1.42 bits per heavy atom. The number of anilines is 1. The van der Waals surface area contributed by atoms with Crippen molar-refractivity contribution < 1.29 is 47.1 Å². The molecule has 3 amide bonds. The first-order valence-electron chi connectivity index (χ1n) is 21.0. The molecule has 0 spiro atoms. The van der Waals surface area contributed by atoms with Crippen molar-refractivity contribution in [2.75, 3.05) is 33.4 Å². The number of hydrogen-bond acceptors (Lipinski definition) is 12. The van der Waals surface area contributed by atoms with Gasteiger partial charge < -0.3 is 38.9 Å². The van der Waals surface area contributed by atoms with E-state index in [0.717, 1.165) is 34.1 Å². The molecule has 15 nitrogen and oxygen atoms in total. The van der Waals surface area contributed by atoms with E-state index in [4.69, 9.17) is 28.3 Å². The predicted molar refractivity (Wildman–Crippen MR) is 249 cm³/mol. The second-order valence-corrected chi connectivity index (χ2v) is 15.2. The highest BCUT2D eigenvalue weighted by Gasteiger charge is 2.27. The average Bonchev–Trinajstić information content (AvgIpc) is 4.01. The van der Waals surface area contributed by atoms with Gasteiger partial charge in [0.1, 0.15) is 23.6 Å². The SMILES string of the molecule is CNC(=O)c1cc2ccc(Oc3ccc4c(C(=O)NC5CC5)cccc4c3)nc2cc1OC.COc1cc2nccc(ON(C(=O)c3cccc4c(F)cccc34)c3ccon3)c2cc1OC. The van der Waals surface area contributed by atoms with Gasteiger partial charge in [0, 0.05) is 71.3 Å². The Balaban J connectivity index is 0.000000168. The molecular weight excluding hydrogens is 860 g/mol. The summed E-state index contributed by atoms with van der Waals surface area (Å²) in [7, 11) is 6.14. The Kier molecular flexibility index (Phi) is 12.2. The van der Waals surface area contributed by atoms with E-state index in [0.29, 0.717) is 79.0 Å². The molecule has 0 saturated heterocycles. The second-order valence-electron chi connectivity index (χ2n) is 15.2. The monoisotopic (exact) mass is 900 g/mol. The smallest absolute Gasteiger partial charge is 0.293 e. The van der Waals surface area contributed by atoms with Crippen molar-refractivity contribution in [3.8, 4) is 34.6 Å². The minimum atomic E-state index is -0.560. The molecule has 0 atom stereocenters. The fraction of sp³-hybridized carbons (Fsp3) is 0.137. The van der Waals surface area contributed by atoms with Gasteiger partial charge in [-0.25, -0.2) is 9.37 Å². The zero-order valence-corrected chi connectivity index (χ0v) is 36.5. The molecule has 3 heterocycles. The number of halogens is 1. The van der Waals surface area contributed by atoms with Crippen LogP contribution in [0.4, 0.5) is 10.2 Å². The van der Waals surface area contributed by atoms with Crippen LogP contribution >= 0.6 is 0 Å². The summed E-state index contributed by atoms with van der Waals surface area (Å²) in [6.45, 7) is 0. The second kappa shape index (κ2) is 18.7. The summed E-state index contributed by atoms with van der Waals surface area (Å²) in [5.74, 6) is 1.61. The molecule has 1 saturated carbocycles. The van der Waals surface area contributed by atoms with Crippen molar-refractivity contribution in [1.29, 1.82) is 0 Å². The number of hydroxylamine groups is 1. The van der Waals surface area contributed by atoms with Gasteiger partial charge in [-0.2, -0.15) is 0 Å². The summed E-state index contributed by atoms with van der Waals surface area (Å²) >= 11 is 0. The molecule has 2 N–H and O–H groups in total. The molecule has 10 rings (SSSR count). The number of amides is 3. The van der Waals surface area contributed by atoms with Crippen LogP contribution in [0.2, 0.25) is 0 Å². The van der Waals surface area contributed by atoms with Gasteiger partial charge in [-0.1, -0.05) is 41.6 Å². The zero-order chi connectivity index (χ0) is 46.6. The average molecular weight is 901 g/mol. The number of nitrogens with zero attached hydrogens (tertiary/aromatic N) is 4. The fourth-order valence-corrected chi connectivity index (χ4v) is 7.50. The number of hydrogen-bond donors (Lipinski definition) is 2. The summed E-state index contributed by atoms with van der Waals surface area (Å²) in [5, 5.41) is 14.4. The minimum Gasteiger partial charge on any atom is -0.496 e. The van der Waals surface area contributed by atoms with Gasteiger partial charge in [0.25, 0.3) is 17.7 Å². The van der Waals surface area contributed by atoms with Crippen LogP contribution in [-0.4, -0.2) is 67.3 Å². The van der Waals surface area contributed by atoms with E-state index in [-0.39, 0.29) is 23.2 Å². The quantitative estimate of drug-likeness (QED) is 0.111. The van der Waals surface area contributed by atoms with Crippen LogP contribution in [0.25, 0.3) is 43.4 Å². The van der Waals surface area contributed by atoms with E-state index in [9.17, 15) is 18.8 Å². The third-order valence-electron chi connectivity index (χ3n) is 11.0. The lowest BCUT2D eigenvalue weighted by atomic mass is 10.0. The molecule has 0 aliphatic heterocycles. The maximum Gasteiger partial charge on any atom is 0.293 e. The summed E-state index contributed by atoms with van der Waals surface area (Å²) in [6.07, 6.45) is 4.96. The zero-order valence-electron chi connectivity index (χ0n) is 36.5. The van der Waals surface area contributed by atoms with Crippen LogP contribution in [0, 0.1) is 5.82 Å². The summed E-state index contributed by atoms with van der Waals surface area (Å²) < 4.78 is 41.4. The highest BCUT2D eigenvalue weighted by molar-refractivity contribution is 6.13. The number of aromatic nitrogens is 3. The van der Waals surface area contributed by atoms with Gasteiger partial charge >= 0.3 is 0 Å². The largest absolute Gasteiger partial charge is 0.496 e. The van der Waals surface area contributed by atoms with E-state index in [1.165, 1.54) is 39.7 Å². The number of pyridine rings is 2. The predicted octanol–water partition coefficient (Wildman–Crippen LogP) is 9.61. The van der Waals surface area contributed by atoms with E-state index >= 15 is 0 Å². The van der Waals surface area contributed by atoms with Gasteiger partial charge in [-0.05, 0) is 83.6 Å². The molecule has 6 aromatic carbocycles. The highest BCUT2D eigenvalue weighted by atomic mass is 19.1. The van der Waals surface area contributed by atoms with Crippen molar-refractivity contribution in [2.24, 2.45) is 0 Å². The third-order valence-corrected chi connectivity index (χ3v) is 11.0. The number of carbonyl (C=O) groups is 3. The van der Waals surface area contributed by atoms with Crippen LogP contribution in [0.1, 0.15) is 43.9 Å². The van der Waals surface area contributed by atoms with Crippen molar-refractivity contribution in [2.45, 2.75) is 18.9 Å². The molecule has 1 aliphatic rings. The molecule has 1 fully saturated rings. The van der Waals surface area contributed by atoms with Gasteiger partial charge in [-0.15, -0.1) is 5.06 Å². The third kappa shape index (κ3) is 9.00. The van der Waals surface area contributed by atoms with Crippen LogP contribution in [0.3, 0.4) is 0 Å². The number of fused-ring (bicyclic) bond motifs is 4. The molecule has 0 radical (unpaired) electrons. The molecule has 9 aromatic rings. The van der Waals surface area contributed by atoms with Gasteiger partial charge in [0.2, 0.25) is 11.7 Å². The van der Waals surface area contributed by atoms with Crippen molar-refractivity contribution >= 4 is 66.9 Å². The maximum atomic E-state index is 14.3. The van der Waals surface area contributed by atoms with E-state index in [2.05, 4.69) is 25.8 Å². The van der Waals surface area contributed by atoms with Crippen LogP contribution in [0.15, 0.2) is 138 Å². The molecule has 3 aromatic heterocycles. The van der Waals surface area contributed by atoms with Gasteiger partial charge in [0.05, 0.1) is 43.5 Å². The van der Waals surface area contributed by atoms with Crippen LogP contribution < -0.4 is 39.5 Å². The number of benzene rings is 6. The number of methoxy groups -OCH3 is 3. The lowest BCUT2D eigenvalue weighted by Crippen LogP contribution is -2.34. The van der Waals surface area contributed by atoms with Crippen molar-refractivity contribution in [1.82, 2.24) is 25.8 Å². The molecule has 0 unspecified atom stereocenters. The first-order valence-corrected chi connectivity index (χ1v) is 21.0. The normalized spacial score (nSPS) is 12.0. The van der Waals surface area contributed by atoms with Gasteiger partial charge in [-0.3, -0.25) is 19.4 Å². The first-order chi connectivity index (χ1) is 32.7. The van der Waals surface area contributed by atoms with Gasteiger partial charge in [0.15, 0.2) is 17.2 Å². The Hall–Kier alpha value is -8.79. The highest BCUT2D eigenvalue weighted by Crippen LogP contribution is 2.37. The molecular formula is C51H41FN6O9. The van der Waals surface area contributed by atoms with Crippen LogP contribution in [-0.2, 0) is 0 Å². The summed E-state index contributed by atoms with van der Waals surface area (Å²) in [6, 6.07) is 34.5.